The number of halogens is 1. The van der Waals surface area contributed by atoms with E-state index in [-0.39, 0.29) is 31.1 Å². The minimum absolute atomic E-state index is 0.0385. The zero-order valence-corrected chi connectivity index (χ0v) is 12.6. The van der Waals surface area contributed by atoms with E-state index in [9.17, 15) is 9.50 Å². The molecule has 6 nitrogen and oxygen atoms in total. The first-order valence-electron chi connectivity index (χ1n) is 7.23. The molecule has 22 heavy (non-hydrogen) atoms. The number of rotatable bonds is 5. The van der Waals surface area contributed by atoms with Crippen LogP contribution < -0.4 is 5.32 Å². The van der Waals surface area contributed by atoms with Crippen molar-refractivity contribution in [1.82, 2.24) is 14.5 Å². The second kappa shape index (κ2) is 6.02. The quantitative estimate of drug-likeness (QED) is 0.885. The number of aliphatic hydroxyl groups is 1. The van der Waals surface area contributed by atoms with Crippen LogP contribution >= 0.6 is 0 Å². The van der Waals surface area contributed by atoms with Crippen molar-refractivity contribution < 1.29 is 14.2 Å². The zero-order valence-electron chi connectivity index (χ0n) is 12.6. The number of nitrogens with zero attached hydrogens (tertiary/aromatic N) is 3. The fourth-order valence-corrected chi connectivity index (χ4v) is 2.82. The van der Waals surface area contributed by atoms with E-state index < -0.39 is 0 Å². The van der Waals surface area contributed by atoms with Gasteiger partial charge in [0.2, 0.25) is 0 Å². The van der Waals surface area contributed by atoms with Crippen LogP contribution in [0.5, 0.6) is 0 Å². The van der Waals surface area contributed by atoms with Crippen molar-refractivity contribution in [3.05, 3.63) is 23.9 Å². The molecule has 2 unspecified atom stereocenters. The van der Waals surface area contributed by atoms with Crippen molar-refractivity contribution in [2.24, 2.45) is 0 Å². The number of aromatic nitrogens is 3. The van der Waals surface area contributed by atoms with Gasteiger partial charge in [0.25, 0.3) is 0 Å². The highest BCUT2D eigenvalue weighted by molar-refractivity contribution is 5.96. The van der Waals surface area contributed by atoms with E-state index in [0.29, 0.717) is 12.2 Å². The SMILES string of the molecule is COC(CO)CC(C)n1cc2c3c(ncnc31)NCC(F)=C2. The highest BCUT2D eigenvalue weighted by atomic mass is 19.1. The molecule has 0 amide bonds. The first-order chi connectivity index (χ1) is 10.6. The zero-order chi connectivity index (χ0) is 15.7. The molecule has 3 heterocycles. The van der Waals surface area contributed by atoms with E-state index in [4.69, 9.17) is 4.74 Å². The molecule has 1 aliphatic rings. The van der Waals surface area contributed by atoms with Gasteiger partial charge in [0.1, 0.15) is 23.6 Å². The van der Waals surface area contributed by atoms with Crippen LogP contribution in [0.1, 0.15) is 24.9 Å². The van der Waals surface area contributed by atoms with Gasteiger partial charge < -0.3 is 19.7 Å². The standard InChI is InChI=1S/C15H19FN4O2/c1-9(3-12(7-21)22-2)20-6-10-4-11(16)5-17-14-13(10)15(20)19-8-18-14/h4,6,8-9,12,21H,3,5,7H2,1-2H3,(H,17,18,19). The molecule has 0 saturated carbocycles. The van der Waals surface area contributed by atoms with E-state index in [1.807, 2.05) is 17.7 Å². The van der Waals surface area contributed by atoms with E-state index in [2.05, 4.69) is 15.3 Å². The molecule has 0 aliphatic carbocycles. The Morgan fingerprint density at radius 1 is 1.50 bits per heavy atom. The van der Waals surface area contributed by atoms with E-state index in [0.717, 1.165) is 16.6 Å². The lowest BCUT2D eigenvalue weighted by molar-refractivity contribution is 0.0348. The maximum absolute atomic E-state index is 13.8. The maximum Gasteiger partial charge on any atom is 0.146 e. The summed E-state index contributed by atoms with van der Waals surface area (Å²) in [5.41, 5.74) is 1.51. The number of ether oxygens (including phenoxy) is 1. The van der Waals surface area contributed by atoms with Gasteiger partial charge in [-0.3, -0.25) is 0 Å². The van der Waals surface area contributed by atoms with E-state index >= 15 is 0 Å². The lowest BCUT2D eigenvalue weighted by atomic mass is 10.1. The summed E-state index contributed by atoms with van der Waals surface area (Å²) in [6.07, 6.45) is 5.26. The topological polar surface area (TPSA) is 72.2 Å². The molecule has 7 heteroatoms. The first-order valence-corrected chi connectivity index (χ1v) is 7.23. The largest absolute Gasteiger partial charge is 0.394 e. The molecule has 2 N–H and O–H groups in total. The lowest BCUT2D eigenvalue weighted by Gasteiger charge is -2.20. The Hall–Kier alpha value is -1.99. The highest BCUT2D eigenvalue weighted by Gasteiger charge is 2.21. The minimum atomic E-state index is -0.241. The molecule has 0 fully saturated rings. The summed E-state index contributed by atoms with van der Waals surface area (Å²) in [5.74, 6) is 0.398. The Labute approximate surface area is 127 Å². The van der Waals surface area contributed by atoms with Gasteiger partial charge in [-0.25, -0.2) is 14.4 Å². The van der Waals surface area contributed by atoms with Gasteiger partial charge in [-0.2, -0.15) is 0 Å². The fourth-order valence-electron chi connectivity index (χ4n) is 2.82. The Morgan fingerprint density at radius 2 is 2.32 bits per heavy atom. The van der Waals surface area contributed by atoms with Gasteiger partial charge >= 0.3 is 0 Å². The van der Waals surface area contributed by atoms with Crippen LogP contribution in [-0.2, 0) is 4.74 Å². The Morgan fingerprint density at radius 3 is 3.05 bits per heavy atom. The van der Waals surface area contributed by atoms with Crippen LogP contribution in [0.4, 0.5) is 10.2 Å². The van der Waals surface area contributed by atoms with Gasteiger partial charge in [-0.1, -0.05) is 0 Å². The second-order valence-electron chi connectivity index (χ2n) is 5.48. The smallest absolute Gasteiger partial charge is 0.146 e. The van der Waals surface area contributed by atoms with Crippen molar-refractivity contribution in [3.8, 4) is 0 Å². The van der Waals surface area contributed by atoms with Crippen molar-refractivity contribution in [1.29, 1.82) is 0 Å². The molecule has 0 aromatic carbocycles. The summed E-state index contributed by atoms with van der Waals surface area (Å²) in [6.45, 7) is 2.11. The molecular formula is C15H19FN4O2. The molecule has 2 aromatic rings. The number of methoxy groups -OCH3 is 1. The molecule has 2 aromatic heterocycles. The lowest BCUT2D eigenvalue weighted by Crippen LogP contribution is -2.20. The number of hydrogen-bond donors (Lipinski definition) is 2. The summed E-state index contributed by atoms with van der Waals surface area (Å²) in [5, 5.41) is 13.1. The third-order valence-corrected chi connectivity index (χ3v) is 3.99. The van der Waals surface area contributed by atoms with Crippen LogP contribution in [0.15, 0.2) is 18.4 Å². The Kier molecular flexibility index (Phi) is 4.08. The monoisotopic (exact) mass is 306 g/mol. The van der Waals surface area contributed by atoms with Gasteiger partial charge in [-0.05, 0) is 19.4 Å². The van der Waals surface area contributed by atoms with Crippen molar-refractivity contribution >= 4 is 22.9 Å². The molecule has 0 bridgehead atoms. The molecule has 118 valence electrons. The van der Waals surface area contributed by atoms with Crippen molar-refractivity contribution in [2.75, 3.05) is 25.6 Å². The normalized spacial score (nSPS) is 16.8. The molecule has 1 aliphatic heterocycles. The molecule has 0 radical (unpaired) electrons. The van der Waals surface area contributed by atoms with Crippen LogP contribution in [-0.4, -0.2) is 46.0 Å². The number of nitrogens with one attached hydrogen (secondary N) is 1. The van der Waals surface area contributed by atoms with Gasteiger partial charge in [0.05, 0.1) is 24.6 Å². The summed E-state index contributed by atoms with van der Waals surface area (Å²) >= 11 is 0. The second-order valence-corrected chi connectivity index (χ2v) is 5.48. The minimum Gasteiger partial charge on any atom is -0.394 e. The average Bonchev–Trinajstić information content (AvgIpc) is 2.80. The third-order valence-electron chi connectivity index (χ3n) is 3.99. The molecule has 3 rings (SSSR count). The molecular weight excluding hydrogens is 287 g/mol. The van der Waals surface area contributed by atoms with E-state index in [1.165, 1.54) is 12.4 Å². The Bertz CT molecular complexity index is 709. The summed E-state index contributed by atoms with van der Waals surface area (Å²) < 4.78 is 21.0. The van der Waals surface area contributed by atoms with Crippen molar-refractivity contribution in [2.45, 2.75) is 25.5 Å². The van der Waals surface area contributed by atoms with Crippen molar-refractivity contribution in [3.63, 3.8) is 0 Å². The van der Waals surface area contributed by atoms with Crippen LogP contribution in [0, 0.1) is 0 Å². The van der Waals surface area contributed by atoms with E-state index in [1.54, 1.807) is 7.11 Å². The first kappa shape index (κ1) is 14.9. The number of aliphatic hydroxyl groups excluding tert-OH is 1. The van der Waals surface area contributed by atoms with Gasteiger partial charge in [0.15, 0.2) is 0 Å². The number of hydrogen-bond acceptors (Lipinski definition) is 5. The Balaban J connectivity index is 2.05. The van der Waals surface area contributed by atoms with Gasteiger partial charge in [-0.15, -0.1) is 0 Å². The predicted molar refractivity (Wildman–Crippen MR) is 82.3 cm³/mol. The fraction of sp³-hybridized carbons (Fsp3) is 0.467. The highest BCUT2D eigenvalue weighted by Crippen LogP contribution is 2.32. The summed E-state index contributed by atoms with van der Waals surface area (Å²) in [6, 6.07) is 0.0481. The predicted octanol–water partition coefficient (Wildman–Crippen LogP) is 2.13. The summed E-state index contributed by atoms with van der Waals surface area (Å²) in [7, 11) is 1.58. The van der Waals surface area contributed by atoms with Crippen LogP contribution in [0.2, 0.25) is 0 Å². The molecule has 0 saturated heterocycles. The summed E-state index contributed by atoms with van der Waals surface area (Å²) in [4.78, 5) is 8.55. The molecule has 0 spiro atoms. The number of anilines is 1. The van der Waals surface area contributed by atoms with Crippen LogP contribution in [0.3, 0.4) is 0 Å². The maximum atomic E-state index is 13.8. The van der Waals surface area contributed by atoms with Gasteiger partial charge in [0, 0.05) is 24.9 Å². The van der Waals surface area contributed by atoms with Crippen LogP contribution in [0.25, 0.3) is 17.1 Å². The average molecular weight is 306 g/mol. The third kappa shape index (κ3) is 2.57. The molecule has 2 atom stereocenters.